The van der Waals surface area contributed by atoms with Crippen molar-refractivity contribution >= 4 is 12.1 Å². The van der Waals surface area contributed by atoms with Crippen LogP contribution in [0.4, 0.5) is 4.79 Å². The van der Waals surface area contributed by atoms with E-state index in [9.17, 15) is 9.59 Å². The second-order valence-corrected chi connectivity index (χ2v) is 10.1. The quantitative estimate of drug-likeness (QED) is 0.637. The summed E-state index contributed by atoms with van der Waals surface area (Å²) in [6.07, 6.45) is 3.36. The number of carbonyl (C=O) groups is 2. The molecule has 1 rings (SSSR count). The molecule has 0 atom stereocenters. The molecule has 0 radical (unpaired) electrons. The number of nitrogens with zero attached hydrogens (tertiary/aromatic N) is 1. The Morgan fingerprint density at radius 1 is 0.929 bits per heavy atom. The van der Waals surface area contributed by atoms with Crippen LogP contribution >= 0.6 is 0 Å². The molecule has 0 bridgehead atoms. The molecule has 0 aliphatic carbocycles. The topological polar surface area (TPSA) is 108 Å². The first-order chi connectivity index (χ1) is 12.8. The summed E-state index contributed by atoms with van der Waals surface area (Å²) in [6.45, 7) is 13.5. The summed E-state index contributed by atoms with van der Waals surface area (Å²) in [5.41, 5.74) is 10.9. The van der Waals surface area contributed by atoms with E-state index in [-0.39, 0.29) is 17.5 Å². The number of nitrogens with two attached hydrogens (primary N) is 2. The highest BCUT2D eigenvalue weighted by Gasteiger charge is 2.34. The van der Waals surface area contributed by atoms with Crippen LogP contribution in [0.5, 0.6) is 0 Å². The van der Waals surface area contributed by atoms with Crippen LogP contribution in [0.3, 0.4) is 0 Å². The number of esters is 1. The van der Waals surface area contributed by atoms with E-state index in [1.54, 1.807) is 4.90 Å². The molecule has 0 aromatic rings. The third-order valence-electron chi connectivity index (χ3n) is 5.13. The zero-order chi connectivity index (χ0) is 21.6. The molecule has 0 aromatic heterocycles. The van der Waals surface area contributed by atoms with Gasteiger partial charge in [-0.2, -0.15) is 0 Å². The smallest absolute Gasteiger partial charge is 0.410 e. The number of piperidine rings is 1. The lowest BCUT2D eigenvalue weighted by atomic mass is 9.73. The molecule has 28 heavy (non-hydrogen) atoms. The minimum Gasteiger partial charge on any atom is -0.460 e. The highest BCUT2D eigenvalue weighted by Crippen LogP contribution is 2.35. The fourth-order valence-corrected chi connectivity index (χ4v) is 3.57. The molecular weight excluding hydrogens is 358 g/mol. The molecule has 1 aliphatic rings. The maximum absolute atomic E-state index is 12.2. The van der Waals surface area contributed by atoms with E-state index < -0.39 is 11.2 Å². The molecule has 0 spiro atoms. The fraction of sp³-hybridized carbons (Fsp3) is 0.905. The van der Waals surface area contributed by atoms with Crippen molar-refractivity contribution in [3.8, 4) is 0 Å². The van der Waals surface area contributed by atoms with Crippen LogP contribution in [0.2, 0.25) is 0 Å². The number of hydrogen-bond acceptors (Lipinski definition) is 6. The fourth-order valence-electron chi connectivity index (χ4n) is 3.57. The molecule has 1 saturated heterocycles. The predicted octanol–water partition coefficient (Wildman–Crippen LogP) is 3.05. The average Bonchev–Trinajstić information content (AvgIpc) is 2.56. The van der Waals surface area contributed by atoms with Crippen LogP contribution in [-0.4, -0.2) is 54.3 Å². The molecule has 1 fully saturated rings. The molecule has 4 N–H and O–H groups in total. The van der Waals surface area contributed by atoms with Gasteiger partial charge in [-0.3, -0.25) is 4.79 Å². The van der Waals surface area contributed by atoms with Gasteiger partial charge >= 0.3 is 12.1 Å². The Balaban J connectivity index is 2.56. The summed E-state index contributed by atoms with van der Waals surface area (Å²) < 4.78 is 10.9. The zero-order valence-corrected chi connectivity index (χ0v) is 18.7. The number of amides is 1. The van der Waals surface area contributed by atoms with Crippen LogP contribution in [0.15, 0.2) is 0 Å². The van der Waals surface area contributed by atoms with E-state index in [1.807, 2.05) is 41.5 Å². The Morgan fingerprint density at radius 2 is 1.43 bits per heavy atom. The van der Waals surface area contributed by atoms with Crippen LogP contribution < -0.4 is 11.5 Å². The van der Waals surface area contributed by atoms with Gasteiger partial charge in [0.05, 0.1) is 0 Å². The molecule has 0 aromatic carbocycles. The summed E-state index contributed by atoms with van der Waals surface area (Å²) in [4.78, 5) is 26.1. The summed E-state index contributed by atoms with van der Waals surface area (Å²) in [5, 5.41) is 0. The number of carbonyl (C=O) groups excluding carboxylic acids is 2. The molecule has 1 amide bonds. The van der Waals surface area contributed by atoms with E-state index in [0.717, 1.165) is 19.3 Å². The normalized spacial score (nSPS) is 16.8. The minimum atomic E-state index is -0.486. The number of hydrogen-bond donors (Lipinski definition) is 2. The first-order valence-corrected chi connectivity index (χ1v) is 10.4. The van der Waals surface area contributed by atoms with Gasteiger partial charge in [-0.25, -0.2) is 4.79 Å². The lowest BCUT2D eigenvalue weighted by molar-refractivity contribution is -0.155. The van der Waals surface area contributed by atoms with E-state index in [2.05, 4.69) is 0 Å². The van der Waals surface area contributed by atoms with Crippen LogP contribution in [0.1, 0.15) is 73.6 Å². The van der Waals surface area contributed by atoms with Crippen LogP contribution in [0, 0.1) is 11.3 Å². The molecule has 7 heteroatoms. The Kier molecular flexibility index (Phi) is 8.75. The molecule has 1 heterocycles. The second-order valence-electron chi connectivity index (χ2n) is 10.1. The zero-order valence-electron chi connectivity index (χ0n) is 18.7. The summed E-state index contributed by atoms with van der Waals surface area (Å²) in [7, 11) is 0. The predicted molar refractivity (Wildman–Crippen MR) is 111 cm³/mol. The first-order valence-electron chi connectivity index (χ1n) is 10.4. The lowest BCUT2D eigenvalue weighted by Crippen LogP contribution is -2.45. The largest absolute Gasteiger partial charge is 0.460 e. The van der Waals surface area contributed by atoms with Crippen molar-refractivity contribution in [3.05, 3.63) is 0 Å². The van der Waals surface area contributed by atoms with Gasteiger partial charge in [-0.05, 0) is 91.6 Å². The molecular formula is C21H41N3O4. The van der Waals surface area contributed by atoms with Crippen molar-refractivity contribution in [2.24, 2.45) is 22.8 Å². The minimum absolute atomic E-state index is 0.210. The van der Waals surface area contributed by atoms with E-state index >= 15 is 0 Å². The number of ether oxygens (including phenoxy) is 2. The van der Waals surface area contributed by atoms with Crippen molar-refractivity contribution in [1.29, 1.82) is 0 Å². The van der Waals surface area contributed by atoms with Crippen LogP contribution in [-0.2, 0) is 14.3 Å². The number of likely N-dealkylation sites (tertiary alicyclic amines) is 1. The summed E-state index contributed by atoms with van der Waals surface area (Å²) in [5.74, 6) is 0.225. The third kappa shape index (κ3) is 8.78. The monoisotopic (exact) mass is 399 g/mol. The average molecular weight is 400 g/mol. The van der Waals surface area contributed by atoms with Gasteiger partial charge in [0.15, 0.2) is 0 Å². The first kappa shape index (κ1) is 24.7. The van der Waals surface area contributed by atoms with Gasteiger partial charge in [0, 0.05) is 19.5 Å². The SMILES string of the molecule is CC(C)(C)OC(=O)CCC(CN)(CN)CC1CCN(C(=O)OC(C)(C)C)CC1. The molecule has 1 aliphatic heterocycles. The summed E-state index contributed by atoms with van der Waals surface area (Å²) in [6, 6.07) is 0. The lowest BCUT2D eigenvalue weighted by Gasteiger charge is -2.39. The third-order valence-corrected chi connectivity index (χ3v) is 5.13. The second kappa shape index (κ2) is 9.92. The van der Waals surface area contributed by atoms with Gasteiger partial charge in [-0.15, -0.1) is 0 Å². The maximum atomic E-state index is 12.2. The van der Waals surface area contributed by atoms with E-state index in [0.29, 0.717) is 44.9 Å². The Labute approximate surface area is 170 Å². The van der Waals surface area contributed by atoms with Crippen molar-refractivity contribution in [2.75, 3.05) is 26.2 Å². The van der Waals surface area contributed by atoms with Crippen molar-refractivity contribution in [1.82, 2.24) is 4.90 Å². The van der Waals surface area contributed by atoms with E-state index in [4.69, 9.17) is 20.9 Å². The molecule has 0 saturated carbocycles. The molecule has 164 valence electrons. The highest BCUT2D eigenvalue weighted by atomic mass is 16.6. The Morgan fingerprint density at radius 3 is 1.86 bits per heavy atom. The van der Waals surface area contributed by atoms with E-state index in [1.165, 1.54) is 0 Å². The van der Waals surface area contributed by atoms with Gasteiger partial charge < -0.3 is 25.8 Å². The molecule has 0 unspecified atom stereocenters. The summed E-state index contributed by atoms with van der Waals surface area (Å²) >= 11 is 0. The molecule has 7 nitrogen and oxygen atoms in total. The number of rotatable bonds is 7. The standard InChI is InChI=1S/C21H41N3O4/c1-19(2,3)27-17(25)7-10-21(14-22,15-23)13-16-8-11-24(12-9-16)18(26)28-20(4,5)6/h16H,7-15,22-23H2,1-6H3. The van der Waals surface area contributed by atoms with Gasteiger partial charge in [0.25, 0.3) is 0 Å². The van der Waals surface area contributed by atoms with Crippen molar-refractivity contribution in [2.45, 2.75) is 84.8 Å². The Hall–Kier alpha value is -1.34. The van der Waals surface area contributed by atoms with Crippen molar-refractivity contribution in [3.63, 3.8) is 0 Å². The Bertz CT molecular complexity index is 511. The van der Waals surface area contributed by atoms with Gasteiger partial charge in [0.2, 0.25) is 0 Å². The maximum Gasteiger partial charge on any atom is 0.410 e. The highest BCUT2D eigenvalue weighted by molar-refractivity contribution is 5.70. The van der Waals surface area contributed by atoms with Crippen molar-refractivity contribution < 1.29 is 19.1 Å². The van der Waals surface area contributed by atoms with Gasteiger partial charge in [-0.1, -0.05) is 0 Å². The van der Waals surface area contributed by atoms with Crippen LogP contribution in [0.25, 0.3) is 0 Å². The van der Waals surface area contributed by atoms with Gasteiger partial charge in [0.1, 0.15) is 11.2 Å².